The van der Waals surface area contributed by atoms with Gasteiger partial charge < -0.3 is 14.5 Å². The zero-order chi connectivity index (χ0) is 16.3. The van der Waals surface area contributed by atoms with Crippen molar-refractivity contribution in [3.8, 4) is 11.5 Å². The van der Waals surface area contributed by atoms with Crippen molar-refractivity contribution in [2.45, 2.75) is 40.2 Å². The molecule has 0 unspecified atom stereocenters. The Labute approximate surface area is 134 Å². The third-order valence-corrected chi connectivity index (χ3v) is 3.92. The largest absolute Gasteiger partial charge is 0.490 e. The summed E-state index contributed by atoms with van der Waals surface area (Å²) in [6, 6.07) is 3.56. The van der Waals surface area contributed by atoms with E-state index in [4.69, 9.17) is 21.7 Å². The summed E-state index contributed by atoms with van der Waals surface area (Å²) in [5.74, 6) is 1.19. The number of fused-ring (bicyclic) bond motifs is 1. The average molecular weight is 322 g/mol. The molecule has 0 aliphatic heterocycles. The van der Waals surface area contributed by atoms with E-state index in [1.165, 1.54) is 0 Å². The van der Waals surface area contributed by atoms with Crippen LogP contribution in [0.4, 0.5) is 0 Å². The Morgan fingerprint density at radius 3 is 2.32 bits per heavy atom. The summed E-state index contributed by atoms with van der Waals surface area (Å²) in [6.07, 6.45) is 0.832. The molecule has 0 fully saturated rings. The molecule has 2 aromatic rings. The zero-order valence-corrected chi connectivity index (χ0v) is 14.3. The summed E-state index contributed by atoms with van der Waals surface area (Å²) >= 11 is 5.34. The first-order chi connectivity index (χ1) is 10.5. The molecule has 0 radical (unpaired) electrons. The van der Waals surface area contributed by atoms with Crippen molar-refractivity contribution in [2.24, 2.45) is 0 Å². The van der Waals surface area contributed by atoms with Crippen LogP contribution >= 0.6 is 12.2 Å². The standard InChI is InChI=1S/C16H22N2O3S/c1-5-10(4)18-15(19)11-8-13(20-6-2)14(21-7-3)9-12(11)17-16(18)22/h8-10H,5-7H2,1-4H3,(H,17,22)/t10-/m0/s1. The van der Waals surface area contributed by atoms with Gasteiger partial charge in [0, 0.05) is 12.1 Å². The summed E-state index contributed by atoms with van der Waals surface area (Å²) in [4.78, 5) is 15.9. The maximum absolute atomic E-state index is 12.8. The lowest BCUT2D eigenvalue weighted by atomic mass is 10.2. The molecule has 1 atom stereocenters. The Hall–Kier alpha value is -1.82. The van der Waals surface area contributed by atoms with Crippen LogP contribution in [-0.2, 0) is 0 Å². The Bertz CT molecular complexity index is 779. The Kier molecular flexibility index (Phi) is 5.24. The molecule has 0 saturated heterocycles. The number of aromatic amines is 1. The predicted octanol–water partition coefficient (Wildman–Crippen LogP) is 3.83. The number of benzene rings is 1. The number of hydrogen-bond acceptors (Lipinski definition) is 4. The molecule has 0 amide bonds. The molecule has 0 saturated carbocycles. The van der Waals surface area contributed by atoms with E-state index in [0.29, 0.717) is 40.4 Å². The molecule has 0 spiro atoms. The van der Waals surface area contributed by atoms with Crippen molar-refractivity contribution in [3.05, 3.63) is 27.3 Å². The van der Waals surface area contributed by atoms with Gasteiger partial charge in [0.2, 0.25) is 0 Å². The minimum Gasteiger partial charge on any atom is -0.490 e. The lowest BCUT2D eigenvalue weighted by molar-refractivity contribution is 0.288. The van der Waals surface area contributed by atoms with E-state index in [0.717, 1.165) is 6.42 Å². The number of ether oxygens (including phenoxy) is 2. The van der Waals surface area contributed by atoms with E-state index >= 15 is 0 Å². The van der Waals surface area contributed by atoms with E-state index < -0.39 is 0 Å². The Balaban J connectivity index is 2.76. The fourth-order valence-electron chi connectivity index (χ4n) is 2.36. The van der Waals surface area contributed by atoms with Crippen molar-refractivity contribution >= 4 is 23.1 Å². The highest BCUT2D eigenvalue weighted by molar-refractivity contribution is 7.71. The van der Waals surface area contributed by atoms with Gasteiger partial charge in [-0.15, -0.1) is 0 Å². The zero-order valence-electron chi connectivity index (χ0n) is 13.4. The minimum absolute atomic E-state index is 0.0442. The van der Waals surface area contributed by atoms with Crippen LogP contribution in [0.2, 0.25) is 0 Å². The highest BCUT2D eigenvalue weighted by atomic mass is 32.1. The molecule has 5 nitrogen and oxygen atoms in total. The number of aromatic nitrogens is 2. The lowest BCUT2D eigenvalue weighted by Gasteiger charge is -2.16. The maximum atomic E-state index is 12.8. The fraction of sp³-hybridized carbons (Fsp3) is 0.500. The number of H-pyrrole nitrogens is 1. The monoisotopic (exact) mass is 322 g/mol. The third-order valence-electron chi connectivity index (χ3n) is 3.62. The van der Waals surface area contributed by atoms with E-state index in [1.807, 2.05) is 27.7 Å². The van der Waals surface area contributed by atoms with E-state index in [1.54, 1.807) is 16.7 Å². The van der Waals surface area contributed by atoms with Crippen LogP contribution in [0.3, 0.4) is 0 Å². The number of hydrogen-bond donors (Lipinski definition) is 1. The van der Waals surface area contributed by atoms with Crippen molar-refractivity contribution in [2.75, 3.05) is 13.2 Å². The summed E-state index contributed by atoms with van der Waals surface area (Å²) in [5, 5.41) is 0.556. The van der Waals surface area contributed by atoms with Crippen molar-refractivity contribution in [3.63, 3.8) is 0 Å². The highest BCUT2D eigenvalue weighted by Crippen LogP contribution is 2.31. The van der Waals surface area contributed by atoms with Gasteiger partial charge in [0.1, 0.15) is 0 Å². The van der Waals surface area contributed by atoms with Gasteiger partial charge in [0.25, 0.3) is 5.56 Å². The number of rotatable bonds is 6. The quantitative estimate of drug-likeness (QED) is 0.821. The van der Waals surface area contributed by atoms with Gasteiger partial charge in [-0.05, 0) is 45.5 Å². The second kappa shape index (κ2) is 6.96. The van der Waals surface area contributed by atoms with E-state index in [2.05, 4.69) is 4.98 Å². The summed E-state index contributed by atoms with van der Waals surface area (Å²) in [6.45, 7) is 8.85. The van der Waals surface area contributed by atoms with Crippen molar-refractivity contribution in [1.29, 1.82) is 0 Å². The molecule has 2 rings (SSSR count). The SMILES string of the molecule is CCOc1cc2[nH]c(=S)n([C@@H](C)CC)c(=O)c2cc1OCC. The van der Waals surface area contributed by atoms with Crippen molar-refractivity contribution < 1.29 is 9.47 Å². The van der Waals surface area contributed by atoms with Crippen molar-refractivity contribution in [1.82, 2.24) is 9.55 Å². The molecular weight excluding hydrogens is 300 g/mol. The van der Waals surface area contributed by atoms with Crippen LogP contribution in [0.25, 0.3) is 10.9 Å². The van der Waals surface area contributed by atoms with E-state index in [-0.39, 0.29) is 11.6 Å². The van der Waals surface area contributed by atoms with Gasteiger partial charge in [-0.3, -0.25) is 9.36 Å². The molecule has 120 valence electrons. The Morgan fingerprint density at radius 2 is 1.77 bits per heavy atom. The molecule has 6 heteroatoms. The second-order valence-electron chi connectivity index (χ2n) is 5.07. The molecule has 1 heterocycles. The molecule has 1 aromatic carbocycles. The second-order valence-corrected chi connectivity index (χ2v) is 5.46. The topological polar surface area (TPSA) is 56.2 Å². The summed E-state index contributed by atoms with van der Waals surface area (Å²) in [5.41, 5.74) is 0.568. The summed E-state index contributed by atoms with van der Waals surface area (Å²) < 4.78 is 13.2. The Morgan fingerprint density at radius 1 is 1.18 bits per heavy atom. The van der Waals surface area contributed by atoms with Crippen LogP contribution in [0.5, 0.6) is 11.5 Å². The first-order valence-electron chi connectivity index (χ1n) is 7.61. The molecule has 0 aliphatic rings. The van der Waals surface area contributed by atoms with Crippen LogP contribution in [0.1, 0.15) is 40.2 Å². The molecule has 0 bridgehead atoms. The first kappa shape index (κ1) is 16.5. The molecule has 0 aliphatic carbocycles. The first-order valence-corrected chi connectivity index (χ1v) is 8.02. The average Bonchev–Trinajstić information content (AvgIpc) is 2.49. The van der Waals surface area contributed by atoms with Gasteiger partial charge in [-0.1, -0.05) is 6.92 Å². The molecule has 22 heavy (non-hydrogen) atoms. The fourth-order valence-corrected chi connectivity index (χ4v) is 2.73. The van der Waals surface area contributed by atoms with Gasteiger partial charge >= 0.3 is 0 Å². The normalized spacial score (nSPS) is 12.4. The van der Waals surface area contributed by atoms with Crippen LogP contribution in [-0.4, -0.2) is 22.8 Å². The minimum atomic E-state index is -0.0999. The maximum Gasteiger partial charge on any atom is 0.262 e. The van der Waals surface area contributed by atoms with Crippen LogP contribution < -0.4 is 15.0 Å². The third kappa shape index (κ3) is 3.02. The number of nitrogens with one attached hydrogen (secondary N) is 1. The van der Waals surface area contributed by atoms with E-state index in [9.17, 15) is 4.79 Å². The van der Waals surface area contributed by atoms with Crippen LogP contribution in [0.15, 0.2) is 16.9 Å². The lowest BCUT2D eigenvalue weighted by Crippen LogP contribution is -2.25. The van der Waals surface area contributed by atoms with Gasteiger partial charge in [0.15, 0.2) is 16.3 Å². The van der Waals surface area contributed by atoms with Gasteiger partial charge in [0.05, 0.1) is 24.1 Å². The predicted molar refractivity (Wildman–Crippen MR) is 90.7 cm³/mol. The molecule has 1 N–H and O–H groups in total. The van der Waals surface area contributed by atoms with Gasteiger partial charge in [-0.25, -0.2) is 0 Å². The smallest absolute Gasteiger partial charge is 0.262 e. The summed E-state index contributed by atoms with van der Waals surface area (Å²) in [7, 11) is 0. The molecule has 1 aromatic heterocycles. The molecular formula is C16H22N2O3S. The number of nitrogens with zero attached hydrogens (tertiary/aromatic N) is 1. The van der Waals surface area contributed by atoms with Gasteiger partial charge in [-0.2, -0.15) is 0 Å². The highest BCUT2D eigenvalue weighted by Gasteiger charge is 2.14. The van der Waals surface area contributed by atoms with Crippen LogP contribution in [0, 0.1) is 4.77 Å².